The molecule has 0 bridgehead atoms. The zero-order chi connectivity index (χ0) is 6.69. The van der Waals surface area contributed by atoms with E-state index in [9.17, 15) is 4.79 Å². The lowest BCUT2D eigenvalue weighted by atomic mass is 10.5. The van der Waals surface area contributed by atoms with Crippen molar-refractivity contribution >= 4 is 18.2 Å². The Balaban J connectivity index is 0.000000810. The van der Waals surface area contributed by atoms with E-state index in [4.69, 9.17) is 0 Å². The second-order valence-electron chi connectivity index (χ2n) is 1.56. The van der Waals surface area contributed by atoms with E-state index in [2.05, 4.69) is 15.5 Å². The summed E-state index contributed by atoms with van der Waals surface area (Å²) in [5, 5.41) is 8.70. The Morgan fingerprint density at radius 3 is 2.70 bits per heavy atom. The number of aromatic amines is 1. The zero-order valence-corrected chi connectivity index (χ0v) is 6.23. The van der Waals surface area contributed by atoms with Crippen LogP contribution in [0.5, 0.6) is 0 Å². The van der Waals surface area contributed by atoms with Crippen molar-refractivity contribution in [3.05, 3.63) is 22.5 Å². The van der Waals surface area contributed by atoms with Crippen LogP contribution in [0.1, 0.15) is 0 Å². The SMILES string of the molecule is CNc1ccc(=O)[nH]n1.Cl. The Hall–Kier alpha value is -1.03. The summed E-state index contributed by atoms with van der Waals surface area (Å²) < 4.78 is 0. The van der Waals surface area contributed by atoms with Crippen LogP contribution in [0, 0.1) is 0 Å². The fraction of sp³-hybridized carbons (Fsp3) is 0.200. The van der Waals surface area contributed by atoms with Crippen molar-refractivity contribution in [1.82, 2.24) is 10.2 Å². The third-order valence-electron chi connectivity index (χ3n) is 0.935. The fourth-order valence-corrected chi connectivity index (χ4v) is 0.484. The molecule has 0 saturated carbocycles. The number of anilines is 1. The maximum absolute atomic E-state index is 10.4. The van der Waals surface area contributed by atoms with E-state index in [1.807, 2.05) is 0 Å². The first-order valence-corrected chi connectivity index (χ1v) is 2.56. The fourth-order valence-electron chi connectivity index (χ4n) is 0.484. The Bertz CT molecular complexity index is 226. The molecule has 0 aliphatic heterocycles. The molecule has 4 nitrogen and oxygen atoms in total. The number of halogens is 1. The third-order valence-corrected chi connectivity index (χ3v) is 0.935. The summed E-state index contributed by atoms with van der Waals surface area (Å²) in [4.78, 5) is 10.4. The van der Waals surface area contributed by atoms with E-state index >= 15 is 0 Å². The van der Waals surface area contributed by atoms with Gasteiger partial charge >= 0.3 is 0 Å². The average molecular weight is 162 g/mol. The van der Waals surface area contributed by atoms with Crippen LogP contribution in [-0.2, 0) is 0 Å². The number of rotatable bonds is 1. The quantitative estimate of drug-likeness (QED) is 0.620. The minimum Gasteiger partial charge on any atom is -0.372 e. The van der Waals surface area contributed by atoms with Crippen LogP contribution >= 0.6 is 12.4 Å². The first-order chi connectivity index (χ1) is 4.33. The molecule has 2 N–H and O–H groups in total. The molecule has 0 radical (unpaired) electrons. The van der Waals surface area contributed by atoms with E-state index in [1.54, 1.807) is 13.1 Å². The number of aromatic nitrogens is 2. The van der Waals surface area contributed by atoms with Gasteiger partial charge in [0.15, 0.2) is 0 Å². The Kier molecular flexibility index (Phi) is 3.49. The molecule has 0 unspecified atom stereocenters. The molecule has 5 heteroatoms. The third kappa shape index (κ3) is 2.06. The minimum atomic E-state index is -0.186. The van der Waals surface area contributed by atoms with Crippen molar-refractivity contribution in [2.24, 2.45) is 0 Å². The average Bonchev–Trinajstić information content (AvgIpc) is 1.90. The smallest absolute Gasteiger partial charge is 0.264 e. The first-order valence-electron chi connectivity index (χ1n) is 2.56. The monoisotopic (exact) mass is 161 g/mol. The Morgan fingerprint density at radius 1 is 1.60 bits per heavy atom. The highest BCUT2D eigenvalue weighted by Crippen LogP contribution is 1.90. The zero-order valence-electron chi connectivity index (χ0n) is 5.42. The van der Waals surface area contributed by atoms with Gasteiger partial charge in [-0.25, -0.2) is 5.10 Å². The van der Waals surface area contributed by atoms with Gasteiger partial charge in [0.2, 0.25) is 0 Å². The molecule has 1 aromatic rings. The number of H-pyrrole nitrogens is 1. The minimum absolute atomic E-state index is 0. The molecular formula is C5H8ClN3O. The molecule has 1 aromatic heterocycles. The maximum Gasteiger partial charge on any atom is 0.264 e. The van der Waals surface area contributed by atoms with Gasteiger partial charge in [-0.05, 0) is 6.07 Å². The van der Waals surface area contributed by atoms with Crippen LogP contribution in [0.15, 0.2) is 16.9 Å². The van der Waals surface area contributed by atoms with Gasteiger partial charge in [0.25, 0.3) is 5.56 Å². The molecular weight excluding hydrogens is 154 g/mol. The second-order valence-corrected chi connectivity index (χ2v) is 1.56. The van der Waals surface area contributed by atoms with Gasteiger partial charge in [-0.15, -0.1) is 12.4 Å². The summed E-state index contributed by atoms with van der Waals surface area (Å²) >= 11 is 0. The molecule has 0 aliphatic carbocycles. The second kappa shape index (κ2) is 3.90. The normalized spacial score (nSPS) is 8.10. The van der Waals surface area contributed by atoms with E-state index in [-0.39, 0.29) is 18.0 Å². The lowest BCUT2D eigenvalue weighted by Crippen LogP contribution is -2.06. The van der Waals surface area contributed by atoms with Crippen molar-refractivity contribution in [3.8, 4) is 0 Å². The molecule has 0 aromatic carbocycles. The van der Waals surface area contributed by atoms with Crippen LogP contribution in [0.4, 0.5) is 5.82 Å². The highest BCUT2D eigenvalue weighted by atomic mass is 35.5. The Morgan fingerprint density at radius 2 is 2.30 bits per heavy atom. The van der Waals surface area contributed by atoms with Crippen molar-refractivity contribution in [3.63, 3.8) is 0 Å². The molecule has 1 rings (SSSR count). The summed E-state index contributed by atoms with van der Waals surface area (Å²) in [5.41, 5.74) is -0.186. The van der Waals surface area contributed by atoms with Gasteiger partial charge in [-0.2, -0.15) is 5.10 Å². The molecule has 56 valence electrons. The van der Waals surface area contributed by atoms with Gasteiger partial charge in [0.1, 0.15) is 5.82 Å². The molecule has 0 aliphatic rings. The van der Waals surface area contributed by atoms with Crippen LogP contribution in [0.2, 0.25) is 0 Å². The largest absolute Gasteiger partial charge is 0.372 e. The molecule has 10 heavy (non-hydrogen) atoms. The van der Waals surface area contributed by atoms with E-state index in [1.165, 1.54) is 6.07 Å². The number of hydrogen-bond donors (Lipinski definition) is 2. The predicted octanol–water partition coefficient (Wildman–Crippen LogP) is 0.233. The highest BCUT2D eigenvalue weighted by molar-refractivity contribution is 5.85. The van der Waals surface area contributed by atoms with Crippen molar-refractivity contribution < 1.29 is 0 Å². The van der Waals surface area contributed by atoms with Gasteiger partial charge in [-0.3, -0.25) is 4.79 Å². The van der Waals surface area contributed by atoms with Gasteiger partial charge in [0, 0.05) is 13.1 Å². The molecule has 0 saturated heterocycles. The molecule has 0 spiro atoms. The molecule has 1 heterocycles. The summed E-state index contributed by atoms with van der Waals surface area (Å²) in [6.07, 6.45) is 0. The van der Waals surface area contributed by atoms with Crippen LogP contribution < -0.4 is 10.9 Å². The van der Waals surface area contributed by atoms with Crippen molar-refractivity contribution in [1.29, 1.82) is 0 Å². The molecule has 0 amide bonds. The lowest BCUT2D eigenvalue weighted by molar-refractivity contribution is 0.990. The number of nitrogens with zero attached hydrogens (tertiary/aromatic N) is 1. The highest BCUT2D eigenvalue weighted by Gasteiger charge is 1.85. The summed E-state index contributed by atoms with van der Waals surface area (Å²) in [5.74, 6) is 0.662. The van der Waals surface area contributed by atoms with Crippen LogP contribution in [0.25, 0.3) is 0 Å². The van der Waals surface area contributed by atoms with Crippen molar-refractivity contribution in [2.75, 3.05) is 12.4 Å². The number of hydrogen-bond acceptors (Lipinski definition) is 3. The standard InChI is InChI=1S/C5H7N3O.ClH/c1-6-4-2-3-5(9)8-7-4;/h2-3H,1H3,(H,6,7)(H,8,9);1H. The van der Waals surface area contributed by atoms with E-state index in [0.29, 0.717) is 5.82 Å². The predicted molar refractivity (Wildman–Crippen MR) is 41.7 cm³/mol. The Labute approximate surface area is 64.1 Å². The summed E-state index contributed by atoms with van der Waals surface area (Å²) in [6.45, 7) is 0. The van der Waals surface area contributed by atoms with Crippen LogP contribution in [0.3, 0.4) is 0 Å². The van der Waals surface area contributed by atoms with Gasteiger partial charge in [0.05, 0.1) is 0 Å². The number of nitrogens with one attached hydrogen (secondary N) is 2. The molecule has 0 fully saturated rings. The van der Waals surface area contributed by atoms with E-state index < -0.39 is 0 Å². The topological polar surface area (TPSA) is 57.8 Å². The summed E-state index contributed by atoms with van der Waals surface area (Å²) in [6, 6.07) is 3.03. The molecule has 0 atom stereocenters. The lowest BCUT2D eigenvalue weighted by Gasteiger charge is -1.92. The van der Waals surface area contributed by atoms with Crippen LogP contribution in [-0.4, -0.2) is 17.2 Å². The maximum atomic E-state index is 10.4. The van der Waals surface area contributed by atoms with Gasteiger partial charge < -0.3 is 5.32 Å². The summed E-state index contributed by atoms with van der Waals surface area (Å²) in [7, 11) is 1.74. The van der Waals surface area contributed by atoms with Gasteiger partial charge in [-0.1, -0.05) is 0 Å². The first kappa shape index (κ1) is 8.97. The van der Waals surface area contributed by atoms with Crippen molar-refractivity contribution in [2.45, 2.75) is 0 Å². The van der Waals surface area contributed by atoms with E-state index in [0.717, 1.165) is 0 Å².